The third kappa shape index (κ3) is 3.57. The second-order valence-electron chi connectivity index (χ2n) is 3.97. The number of Topliss-reactive ketones (excluding diaryl/α,β-unsaturated/α-hetero) is 1. The van der Waals surface area contributed by atoms with Crippen molar-refractivity contribution in [2.75, 3.05) is 0 Å². The Morgan fingerprint density at radius 1 is 1.15 bits per heavy atom. The number of azide groups is 1. The van der Waals surface area contributed by atoms with Crippen molar-refractivity contribution < 1.29 is 4.79 Å². The molecule has 0 atom stereocenters. The highest BCUT2D eigenvalue weighted by atomic mass is 79.9. The van der Waals surface area contributed by atoms with E-state index in [1.54, 1.807) is 30.3 Å². The molecule has 2 aromatic rings. The average molecular weight is 328 g/mol. The predicted octanol–water partition coefficient (Wildman–Crippen LogP) is 4.98. The summed E-state index contributed by atoms with van der Waals surface area (Å²) >= 11 is 3.36. The Kier molecular flexibility index (Phi) is 4.71. The lowest BCUT2D eigenvalue weighted by molar-refractivity contribution is 0.103. The van der Waals surface area contributed by atoms with Gasteiger partial charge in [0.1, 0.15) is 0 Å². The second-order valence-corrected chi connectivity index (χ2v) is 4.88. The second kappa shape index (κ2) is 6.70. The van der Waals surface area contributed by atoms with Gasteiger partial charge >= 0.3 is 0 Å². The molecule has 0 bridgehead atoms. The van der Waals surface area contributed by atoms with Crippen LogP contribution in [-0.2, 0) is 0 Å². The number of rotatable bonds is 4. The van der Waals surface area contributed by atoms with Crippen LogP contribution in [0.15, 0.2) is 69.9 Å². The van der Waals surface area contributed by atoms with Crippen molar-refractivity contribution in [3.63, 3.8) is 0 Å². The standard InChI is InChI=1S/C15H10BrN3O/c16-13-8-4-5-11(9-13)10-14(18-19-17)15(20)12-6-2-1-3-7-12/h1-10H. The van der Waals surface area contributed by atoms with E-state index < -0.39 is 0 Å². The predicted molar refractivity (Wildman–Crippen MR) is 82.0 cm³/mol. The van der Waals surface area contributed by atoms with Gasteiger partial charge in [0.15, 0.2) is 5.78 Å². The number of ketones is 1. The van der Waals surface area contributed by atoms with Crippen LogP contribution in [0.1, 0.15) is 15.9 Å². The van der Waals surface area contributed by atoms with Crippen LogP contribution >= 0.6 is 15.9 Å². The summed E-state index contributed by atoms with van der Waals surface area (Å²) in [6, 6.07) is 16.1. The number of hydrogen-bond acceptors (Lipinski definition) is 2. The molecule has 0 unspecified atom stereocenters. The zero-order chi connectivity index (χ0) is 14.4. The Balaban J connectivity index is 2.42. The van der Waals surface area contributed by atoms with E-state index in [1.165, 1.54) is 0 Å². The van der Waals surface area contributed by atoms with Crippen LogP contribution in [0, 0.1) is 0 Å². The Morgan fingerprint density at radius 2 is 1.90 bits per heavy atom. The SMILES string of the molecule is [N-]=[N+]=NC(=Cc1cccc(Br)c1)C(=O)c1ccccc1. The van der Waals surface area contributed by atoms with Gasteiger partial charge in [-0.1, -0.05) is 63.5 Å². The molecule has 0 fully saturated rings. The number of carbonyl (C=O) groups excluding carboxylic acids is 1. The van der Waals surface area contributed by atoms with E-state index in [-0.39, 0.29) is 11.5 Å². The van der Waals surface area contributed by atoms with Crippen LogP contribution in [0.25, 0.3) is 16.5 Å². The highest BCUT2D eigenvalue weighted by Gasteiger charge is 2.10. The van der Waals surface area contributed by atoms with E-state index >= 15 is 0 Å². The third-order valence-corrected chi connectivity index (χ3v) is 3.07. The number of nitrogens with zero attached hydrogens (tertiary/aromatic N) is 3. The van der Waals surface area contributed by atoms with Gasteiger partial charge in [-0.15, -0.1) is 0 Å². The maximum atomic E-state index is 12.3. The molecule has 0 saturated heterocycles. The lowest BCUT2D eigenvalue weighted by Crippen LogP contribution is -2.00. The third-order valence-electron chi connectivity index (χ3n) is 2.57. The van der Waals surface area contributed by atoms with E-state index in [0.717, 1.165) is 10.0 Å². The average Bonchev–Trinajstić information content (AvgIpc) is 2.47. The molecule has 0 N–H and O–H groups in total. The molecule has 4 nitrogen and oxygen atoms in total. The lowest BCUT2D eigenvalue weighted by Gasteiger charge is -2.01. The largest absolute Gasteiger partial charge is 0.289 e. The molecule has 5 heteroatoms. The normalized spacial score (nSPS) is 10.8. The Hall–Kier alpha value is -2.36. The minimum absolute atomic E-state index is 0.0665. The fourth-order valence-corrected chi connectivity index (χ4v) is 2.10. The lowest BCUT2D eigenvalue weighted by atomic mass is 10.1. The monoisotopic (exact) mass is 327 g/mol. The Morgan fingerprint density at radius 3 is 2.55 bits per heavy atom. The molecular formula is C15H10BrN3O. The molecule has 0 aliphatic carbocycles. The van der Waals surface area contributed by atoms with Crippen molar-refractivity contribution >= 4 is 27.8 Å². The maximum Gasteiger partial charge on any atom is 0.195 e. The van der Waals surface area contributed by atoms with E-state index in [9.17, 15) is 4.79 Å². The molecule has 0 amide bonds. The van der Waals surface area contributed by atoms with E-state index in [2.05, 4.69) is 26.0 Å². The fourth-order valence-electron chi connectivity index (χ4n) is 1.68. The van der Waals surface area contributed by atoms with Crippen molar-refractivity contribution in [2.45, 2.75) is 0 Å². The van der Waals surface area contributed by atoms with Gasteiger partial charge in [-0.05, 0) is 29.3 Å². The van der Waals surface area contributed by atoms with Crippen LogP contribution in [0.2, 0.25) is 0 Å². The van der Waals surface area contributed by atoms with Gasteiger partial charge in [0, 0.05) is 14.9 Å². The summed E-state index contributed by atoms with van der Waals surface area (Å²) < 4.78 is 0.888. The summed E-state index contributed by atoms with van der Waals surface area (Å²) in [5.41, 5.74) is 9.96. The molecule has 2 aromatic carbocycles. The molecule has 0 heterocycles. The minimum atomic E-state index is -0.302. The summed E-state index contributed by atoms with van der Waals surface area (Å²) in [6.45, 7) is 0. The van der Waals surface area contributed by atoms with Gasteiger partial charge < -0.3 is 0 Å². The van der Waals surface area contributed by atoms with Crippen LogP contribution in [0.4, 0.5) is 0 Å². The van der Waals surface area contributed by atoms with Gasteiger partial charge in [0.2, 0.25) is 0 Å². The summed E-state index contributed by atoms with van der Waals surface area (Å²) in [4.78, 5) is 15.0. The first kappa shape index (κ1) is 14.1. The van der Waals surface area contributed by atoms with Gasteiger partial charge in [-0.2, -0.15) is 0 Å². The smallest absolute Gasteiger partial charge is 0.195 e. The summed E-state index contributed by atoms with van der Waals surface area (Å²) in [6.07, 6.45) is 1.57. The molecule has 0 aliphatic rings. The number of allylic oxidation sites excluding steroid dienone is 1. The van der Waals surface area contributed by atoms with E-state index in [4.69, 9.17) is 5.53 Å². The van der Waals surface area contributed by atoms with Crippen molar-refractivity contribution in [2.24, 2.45) is 5.11 Å². The van der Waals surface area contributed by atoms with Crippen LogP contribution < -0.4 is 0 Å². The molecule has 98 valence electrons. The van der Waals surface area contributed by atoms with E-state index in [1.807, 2.05) is 30.3 Å². The first-order valence-electron chi connectivity index (χ1n) is 5.83. The molecular weight excluding hydrogens is 318 g/mol. The number of halogens is 1. The number of benzene rings is 2. The Bertz CT molecular complexity index is 704. The molecule has 0 spiro atoms. The van der Waals surface area contributed by atoms with Crippen molar-refractivity contribution in [3.8, 4) is 0 Å². The van der Waals surface area contributed by atoms with Crippen LogP contribution in [0.5, 0.6) is 0 Å². The zero-order valence-corrected chi connectivity index (χ0v) is 12.0. The highest BCUT2D eigenvalue weighted by molar-refractivity contribution is 9.10. The highest BCUT2D eigenvalue weighted by Crippen LogP contribution is 2.17. The molecule has 0 aromatic heterocycles. The fraction of sp³-hybridized carbons (Fsp3) is 0. The topological polar surface area (TPSA) is 65.8 Å². The van der Waals surface area contributed by atoms with Crippen LogP contribution in [0.3, 0.4) is 0 Å². The molecule has 0 saturated carbocycles. The quantitative estimate of drug-likeness (QED) is 0.256. The van der Waals surface area contributed by atoms with Gasteiger partial charge in [-0.3, -0.25) is 4.79 Å². The maximum absolute atomic E-state index is 12.3. The number of hydrogen-bond donors (Lipinski definition) is 0. The van der Waals surface area contributed by atoms with Crippen LogP contribution in [-0.4, -0.2) is 5.78 Å². The molecule has 20 heavy (non-hydrogen) atoms. The minimum Gasteiger partial charge on any atom is -0.289 e. The summed E-state index contributed by atoms with van der Waals surface area (Å²) in [5.74, 6) is -0.302. The van der Waals surface area contributed by atoms with Crippen molar-refractivity contribution in [1.29, 1.82) is 0 Å². The molecule has 0 radical (unpaired) electrons. The van der Waals surface area contributed by atoms with Gasteiger partial charge in [0.25, 0.3) is 0 Å². The van der Waals surface area contributed by atoms with Crippen molar-refractivity contribution in [1.82, 2.24) is 0 Å². The summed E-state index contributed by atoms with van der Waals surface area (Å²) in [5, 5.41) is 3.50. The van der Waals surface area contributed by atoms with E-state index in [0.29, 0.717) is 5.56 Å². The summed E-state index contributed by atoms with van der Waals surface area (Å²) in [7, 11) is 0. The molecule has 0 aliphatic heterocycles. The Labute approximate surface area is 124 Å². The van der Waals surface area contributed by atoms with Crippen molar-refractivity contribution in [3.05, 3.63) is 86.3 Å². The number of carbonyl (C=O) groups is 1. The van der Waals surface area contributed by atoms with Gasteiger partial charge in [-0.25, -0.2) is 0 Å². The first-order valence-corrected chi connectivity index (χ1v) is 6.62. The zero-order valence-electron chi connectivity index (χ0n) is 10.4. The van der Waals surface area contributed by atoms with Gasteiger partial charge in [0.05, 0.1) is 5.70 Å². The first-order chi connectivity index (χ1) is 9.70. The molecule has 2 rings (SSSR count).